The number of hydrogen-bond donors (Lipinski definition) is 1. The highest BCUT2D eigenvalue weighted by molar-refractivity contribution is 5.86. The van der Waals surface area contributed by atoms with Gasteiger partial charge in [-0.15, -0.1) is 0 Å². The Balaban J connectivity index is 2.21. The van der Waals surface area contributed by atoms with Crippen LogP contribution in [0.5, 0.6) is 11.5 Å². The molecule has 0 amide bonds. The second-order valence-electron chi connectivity index (χ2n) is 4.90. The van der Waals surface area contributed by atoms with Crippen LogP contribution in [0.15, 0.2) is 45.9 Å². The Hall–Kier alpha value is -3.03. The molecule has 0 spiro atoms. The molecule has 3 aromatic rings. The summed E-state index contributed by atoms with van der Waals surface area (Å²) >= 11 is 0. The lowest BCUT2D eigenvalue weighted by atomic mass is 10.1. The Morgan fingerprint density at radius 2 is 1.83 bits per heavy atom. The van der Waals surface area contributed by atoms with Crippen molar-refractivity contribution in [1.29, 1.82) is 0 Å². The number of methoxy groups -OCH3 is 1. The summed E-state index contributed by atoms with van der Waals surface area (Å²) in [6.07, 6.45) is -1.94. The fourth-order valence-electron chi connectivity index (χ4n) is 2.27. The van der Waals surface area contributed by atoms with Crippen molar-refractivity contribution in [3.63, 3.8) is 0 Å². The lowest BCUT2D eigenvalue weighted by Gasteiger charge is -2.09. The van der Waals surface area contributed by atoms with Gasteiger partial charge in [-0.25, -0.2) is 0 Å². The van der Waals surface area contributed by atoms with Gasteiger partial charge >= 0.3 is 6.18 Å². The zero-order valence-corrected chi connectivity index (χ0v) is 12.2. The maximum Gasteiger partial charge on any atom is 0.416 e. The van der Waals surface area contributed by atoms with Gasteiger partial charge in [0.15, 0.2) is 17.1 Å². The molecule has 5 nitrogen and oxygen atoms in total. The molecular formula is C16H10F3NO4. The van der Waals surface area contributed by atoms with E-state index < -0.39 is 22.9 Å². The minimum absolute atomic E-state index is 0.000613. The molecule has 3 rings (SSSR count). The molecule has 0 aliphatic heterocycles. The summed E-state index contributed by atoms with van der Waals surface area (Å²) in [5, 5.41) is 10.1. The number of pyridine rings is 1. The van der Waals surface area contributed by atoms with Crippen molar-refractivity contribution in [2.75, 3.05) is 7.11 Å². The maximum atomic E-state index is 12.6. The molecule has 0 aliphatic carbocycles. The number of aromatic nitrogens is 1. The van der Waals surface area contributed by atoms with Crippen LogP contribution in [-0.2, 0) is 6.18 Å². The first-order valence-electron chi connectivity index (χ1n) is 6.68. The van der Waals surface area contributed by atoms with E-state index in [2.05, 4.69) is 4.98 Å². The molecule has 1 aromatic carbocycles. The summed E-state index contributed by atoms with van der Waals surface area (Å²) in [7, 11) is 1.33. The molecule has 2 aromatic heterocycles. The van der Waals surface area contributed by atoms with Crippen molar-refractivity contribution in [3.8, 4) is 22.8 Å². The van der Waals surface area contributed by atoms with E-state index in [0.717, 1.165) is 24.3 Å². The summed E-state index contributed by atoms with van der Waals surface area (Å²) < 4.78 is 48.3. The van der Waals surface area contributed by atoms with Gasteiger partial charge in [-0.1, -0.05) is 12.1 Å². The van der Waals surface area contributed by atoms with Gasteiger partial charge in [-0.2, -0.15) is 13.2 Å². The van der Waals surface area contributed by atoms with Gasteiger partial charge in [-0.05, 0) is 12.1 Å². The molecule has 0 saturated heterocycles. The monoisotopic (exact) mass is 337 g/mol. The fraction of sp³-hybridized carbons (Fsp3) is 0.125. The lowest BCUT2D eigenvalue weighted by molar-refractivity contribution is -0.137. The summed E-state index contributed by atoms with van der Waals surface area (Å²) in [4.78, 5) is 16.2. The molecule has 8 heteroatoms. The average Bonchev–Trinajstić information content (AvgIpc) is 2.56. The molecule has 0 saturated carbocycles. The van der Waals surface area contributed by atoms with Crippen LogP contribution in [0.2, 0.25) is 0 Å². The van der Waals surface area contributed by atoms with Gasteiger partial charge in [0.25, 0.3) is 0 Å². The van der Waals surface area contributed by atoms with Crippen LogP contribution in [-0.4, -0.2) is 17.2 Å². The lowest BCUT2D eigenvalue weighted by Crippen LogP contribution is -2.06. The first-order valence-corrected chi connectivity index (χ1v) is 6.68. The predicted octanol–water partition coefficient (Wildman–Crippen LogP) is 3.59. The number of aromatic hydroxyl groups is 1. The van der Waals surface area contributed by atoms with Gasteiger partial charge in [0.1, 0.15) is 5.39 Å². The number of benzene rings is 1. The van der Waals surface area contributed by atoms with Crippen molar-refractivity contribution < 1.29 is 27.4 Å². The van der Waals surface area contributed by atoms with Crippen LogP contribution >= 0.6 is 0 Å². The van der Waals surface area contributed by atoms with E-state index in [4.69, 9.17) is 9.15 Å². The Kier molecular flexibility index (Phi) is 3.67. The number of fused-ring (bicyclic) bond motifs is 1. The Bertz CT molecular complexity index is 962. The molecule has 0 bridgehead atoms. The third-order valence-electron chi connectivity index (χ3n) is 3.44. The van der Waals surface area contributed by atoms with Crippen LogP contribution in [0.25, 0.3) is 22.3 Å². The van der Waals surface area contributed by atoms with Gasteiger partial charge in [0.05, 0.1) is 25.1 Å². The van der Waals surface area contributed by atoms with Crippen molar-refractivity contribution in [2.45, 2.75) is 6.18 Å². The van der Waals surface area contributed by atoms with E-state index >= 15 is 0 Å². The first-order chi connectivity index (χ1) is 11.3. The molecule has 0 radical (unpaired) electrons. The van der Waals surface area contributed by atoms with E-state index in [9.17, 15) is 23.1 Å². The van der Waals surface area contributed by atoms with E-state index in [0.29, 0.717) is 0 Å². The van der Waals surface area contributed by atoms with Crippen LogP contribution in [0, 0.1) is 0 Å². The third-order valence-corrected chi connectivity index (χ3v) is 3.44. The molecule has 2 heterocycles. The summed E-state index contributed by atoms with van der Waals surface area (Å²) in [6.45, 7) is 0. The first kappa shape index (κ1) is 15.9. The zero-order chi connectivity index (χ0) is 17.5. The topological polar surface area (TPSA) is 72.6 Å². The predicted molar refractivity (Wildman–Crippen MR) is 78.9 cm³/mol. The largest absolute Gasteiger partial charge is 0.502 e. The Morgan fingerprint density at radius 3 is 2.42 bits per heavy atom. The van der Waals surface area contributed by atoms with E-state index in [1.807, 2.05) is 0 Å². The van der Waals surface area contributed by atoms with Crippen molar-refractivity contribution in [2.24, 2.45) is 0 Å². The minimum Gasteiger partial charge on any atom is -0.502 e. The van der Waals surface area contributed by atoms with Gasteiger partial charge in [0.2, 0.25) is 11.2 Å². The highest BCUT2D eigenvalue weighted by Gasteiger charge is 2.30. The van der Waals surface area contributed by atoms with Gasteiger partial charge in [-0.3, -0.25) is 9.78 Å². The molecule has 0 atom stereocenters. The number of alkyl halides is 3. The number of ether oxygens (including phenoxy) is 1. The van der Waals surface area contributed by atoms with Crippen molar-refractivity contribution in [3.05, 3.63) is 52.4 Å². The van der Waals surface area contributed by atoms with Crippen LogP contribution in [0.1, 0.15) is 5.56 Å². The molecule has 0 fully saturated rings. The zero-order valence-electron chi connectivity index (χ0n) is 12.2. The maximum absolute atomic E-state index is 12.6. The van der Waals surface area contributed by atoms with E-state index in [-0.39, 0.29) is 28.0 Å². The van der Waals surface area contributed by atoms with E-state index in [1.54, 1.807) is 0 Å². The number of hydrogen-bond acceptors (Lipinski definition) is 5. The van der Waals surface area contributed by atoms with Gasteiger partial charge < -0.3 is 14.3 Å². The summed E-state index contributed by atoms with van der Waals surface area (Å²) in [5.41, 5.74) is -1.43. The van der Waals surface area contributed by atoms with Crippen molar-refractivity contribution in [1.82, 2.24) is 4.98 Å². The van der Waals surface area contributed by atoms with Crippen LogP contribution in [0.3, 0.4) is 0 Å². The SMILES string of the molecule is COc1cncc2oc(-c3ccc(C(F)(F)F)cc3)c(O)c(=O)c12. The second-order valence-corrected chi connectivity index (χ2v) is 4.90. The Labute approximate surface area is 132 Å². The highest BCUT2D eigenvalue weighted by atomic mass is 19.4. The molecule has 1 N–H and O–H groups in total. The molecule has 24 heavy (non-hydrogen) atoms. The standard InChI is InChI=1S/C16H10F3NO4/c1-23-10-6-20-7-11-12(10)13(21)14(22)15(24-11)8-2-4-9(5-3-8)16(17,18)19/h2-7,22H,1H3. The second kappa shape index (κ2) is 5.55. The molecule has 0 unspecified atom stereocenters. The number of nitrogens with zero attached hydrogens (tertiary/aromatic N) is 1. The number of halogens is 3. The minimum atomic E-state index is -4.48. The number of rotatable bonds is 2. The normalized spacial score (nSPS) is 11.7. The quantitative estimate of drug-likeness (QED) is 0.774. The Morgan fingerprint density at radius 1 is 1.17 bits per heavy atom. The highest BCUT2D eigenvalue weighted by Crippen LogP contribution is 2.35. The van der Waals surface area contributed by atoms with Crippen LogP contribution in [0.4, 0.5) is 13.2 Å². The fourth-order valence-corrected chi connectivity index (χ4v) is 2.27. The third kappa shape index (κ3) is 2.55. The molecule has 0 aliphatic rings. The van der Waals surface area contributed by atoms with Crippen LogP contribution < -0.4 is 10.2 Å². The average molecular weight is 337 g/mol. The summed E-state index contributed by atoms with van der Waals surface area (Å²) in [6, 6.07) is 3.89. The van der Waals surface area contributed by atoms with Crippen molar-refractivity contribution >= 4 is 11.0 Å². The van der Waals surface area contributed by atoms with Gasteiger partial charge in [0, 0.05) is 5.56 Å². The smallest absolute Gasteiger partial charge is 0.416 e. The molecular weight excluding hydrogens is 327 g/mol. The van der Waals surface area contributed by atoms with E-state index in [1.165, 1.54) is 19.5 Å². The molecule has 124 valence electrons. The summed E-state index contributed by atoms with van der Waals surface area (Å²) in [5.74, 6) is -0.835.